The highest BCUT2D eigenvalue weighted by Crippen LogP contribution is 2.34. The second kappa shape index (κ2) is 11.0. The molecule has 2 heterocycles. The molecule has 1 atom stereocenters. The van der Waals surface area contributed by atoms with E-state index < -0.39 is 36.8 Å². The summed E-state index contributed by atoms with van der Waals surface area (Å²) in [6, 6.07) is 3.32. The van der Waals surface area contributed by atoms with E-state index in [4.69, 9.17) is 18.9 Å². The number of hydrogen-bond acceptors (Lipinski definition) is 11. The molecule has 3 N–H and O–H groups in total. The van der Waals surface area contributed by atoms with Crippen LogP contribution in [0.2, 0.25) is 0 Å². The van der Waals surface area contributed by atoms with Crippen LogP contribution in [0.5, 0.6) is 10.9 Å². The fraction of sp³-hybridized carbons (Fsp3) is 0.476. The second-order valence-corrected chi connectivity index (χ2v) is 9.55. The third-order valence-corrected chi connectivity index (χ3v) is 5.30. The molecule has 0 spiro atoms. The molecule has 188 valence electrons. The Morgan fingerprint density at radius 2 is 2.00 bits per heavy atom. The number of nitrogens with zero attached hydrogens (tertiary/aromatic N) is 2. The number of benzene rings is 1. The van der Waals surface area contributed by atoms with Crippen LogP contribution >= 0.6 is 11.3 Å². The zero-order valence-corrected chi connectivity index (χ0v) is 20.9. The molecule has 2 amide bonds. The van der Waals surface area contributed by atoms with Crippen molar-refractivity contribution in [3.63, 3.8) is 0 Å². The zero-order chi connectivity index (χ0) is 25.8. The second-order valence-electron chi connectivity index (χ2n) is 8.61. The van der Waals surface area contributed by atoms with Crippen molar-refractivity contribution >= 4 is 47.0 Å². The van der Waals surface area contributed by atoms with Gasteiger partial charge in [0.2, 0.25) is 11.0 Å². The number of alkyl carbamates (subject to hydrolysis) is 1. The van der Waals surface area contributed by atoms with E-state index in [9.17, 15) is 19.4 Å². The van der Waals surface area contributed by atoms with Gasteiger partial charge in [0.15, 0.2) is 0 Å². The van der Waals surface area contributed by atoms with Crippen LogP contribution in [0.15, 0.2) is 12.1 Å². The summed E-state index contributed by atoms with van der Waals surface area (Å²) in [5.74, 6) is -0.553. The number of fused-ring (bicyclic) bond motifs is 1. The normalized spacial score (nSPS) is 14.8. The first-order chi connectivity index (χ1) is 16.4. The summed E-state index contributed by atoms with van der Waals surface area (Å²) >= 11 is 0.979. The number of anilines is 1. The van der Waals surface area contributed by atoms with Crippen molar-refractivity contribution < 1.29 is 38.3 Å². The molecule has 2 aromatic rings. The van der Waals surface area contributed by atoms with Crippen LogP contribution in [0.1, 0.15) is 51.3 Å². The topological polar surface area (TPSA) is 158 Å². The molecule has 14 heteroatoms. The van der Waals surface area contributed by atoms with E-state index in [-0.39, 0.29) is 29.9 Å². The lowest BCUT2D eigenvalue weighted by Gasteiger charge is -2.19. The average Bonchev–Trinajstić information content (AvgIpc) is 3.29. The molecule has 0 saturated heterocycles. The van der Waals surface area contributed by atoms with Gasteiger partial charge in [0, 0.05) is 0 Å². The minimum absolute atomic E-state index is 0.0127. The fourth-order valence-corrected chi connectivity index (χ4v) is 3.98. The van der Waals surface area contributed by atoms with Gasteiger partial charge >= 0.3 is 24.4 Å². The lowest BCUT2D eigenvalue weighted by Crippen LogP contribution is -2.37. The van der Waals surface area contributed by atoms with Crippen molar-refractivity contribution in [2.45, 2.75) is 52.7 Å². The van der Waals surface area contributed by atoms with E-state index in [1.165, 1.54) is 0 Å². The van der Waals surface area contributed by atoms with Crippen molar-refractivity contribution in [2.24, 2.45) is 0 Å². The fourth-order valence-electron chi connectivity index (χ4n) is 3.35. The number of ether oxygens (including phenoxy) is 3. The van der Waals surface area contributed by atoms with Crippen LogP contribution in [0, 0.1) is 6.92 Å². The van der Waals surface area contributed by atoms with E-state index >= 15 is 0 Å². The SMILES string of the molecule is CCOC(=O)CC1OB(O)c2cc(Oc3nnc(NC(=O)CNC(=O)OC(C)(C)C)s3)cc(C)c21. The Hall–Kier alpha value is -3.23. The van der Waals surface area contributed by atoms with E-state index in [1.807, 2.05) is 6.92 Å². The molecular weight excluding hydrogens is 479 g/mol. The monoisotopic (exact) mass is 506 g/mol. The number of carbonyl (C=O) groups excluding carboxylic acids is 3. The van der Waals surface area contributed by atoms with Crippen molar-refractivity contribution in [2.75, 3.05) is 18.5 Å². The van der Waals surface area contributed by atoms with E-state index in [2.05, 4.69) is 20.8 Å². The van der Waals surface area contributed by atoms with E-state index in [0.29, 0.717) is 16.8 Å². The van der Waals surface area contributed by atoms with Gasteiger partial charge in [-0.15, -0.1) is 5.10 Å². The maximum Gasteiger partial charge on any atom is 0.492 e. The Morgan fingerprint density at radius 3 is 2.69 bits per heavy atom. The number of hydrogen-bond donors (Lipinski definition) is 3. The van der Waals surface area contributed by atoms with Crippen LogP contribution in [-0.4, -0.2) is 59.1 Å². The maximum absolute atomic E-state index is 12.0. The summed E-state index contributed by atoms with van der Waals surface area (Å²) in [5, 5.41) is 23.3. The van der Waals surface area contributed by atoms with Gasteiger partial charge in [-0.05, 0) is 74.7 Å². The van der Waals surface area contributed by atoms with E-state index in [1.54, 1.807) is 39.8 Å². The first-order valence-electron chi connectivity index (χ1n) is 10.9. The van der Waals surface area contributed by atoms with Gasteiger partial charge in [0.1, 0.15) is 17.9 Å². The van der Waals surface area contributed by atoms with Gasteiger partial charge in [-0.3, -0.25) is 14.9 Å². The number of amides is 2. The molecule has 35 heavy (non-hydrogen) atoms. The number of aromatic nitrogens is 2. The Bertz CT molecular complexity index is 1100. The molecule has 0 fully saturated rings. The first-order valence-corrected chi connectivity index (χ1v) is 11.7. The van der Waals surface area contributed by atoms with Gasteiger partial charge in [-0.1, -0.05) is 5.10 Å². The van der Waals surface area contributed by atoms with Crippen molar-refractivity contribution in [3.8, 4) is 10.9 Å². The molecule has 0 radical (unpaired) electrons. The molecule has 0 aliphatic carbocycles. The highest BCUT2D eigenvalue weighted by Gasteiger charge is 2.38. The van der Waals surface area contributed by atoms with E-state index in [0.717, 1.165) is 16.9 Å². The predicted octanol–water partition coefficient (Wildman–Crippen LogP) is 1.81. The molecular formula is C21H27BN4O8S. The zero-order valence-electron chi connectivity index (χ0n) is 20.0. The first kappa shape index (κ1) is 26.4. The molecule has 12 nitrogen and oxygen atoms in total. The molecule has 1 unspecified atom stereocenters. The summed E-state index contributed by atoms with van der Waals surface area (Å²) in [6.07, 6.45) is -1.34. The molecule has 1 aliphatic rings. The van der Waals surface area contributed by atoms with Gasteiger partial charge < -0.3 is 29.2 Å². The van der Waals surface area contributed by atoms with Gasteiger partial charge in [-0.25, -0.2) is 4.79 Å². The lowest BCUT2D eigenvalue weighted by atomic mass is 9.77. The van der Waals surface area contributed by atoms with Crippen LogP contribution in [0.4, 0.5) is 9.93 Å². The molecule has 0 saturated carbocycles. The number of esters is 1. The average molecular weight is 506 g/mol. The van der Waals surface area contributed by atoms with Gasteiger partial charge in [0.05, 0.1) is 19.1 Å². The summed E-state index contributed by atoms with van der Waals surface area (Å²) in [5.41, 5.74) is 1.28. The summed E-state index contributed by atoms with van der Waals surface area (Å²) in [7, 11) is -1.21. The Morgan fingerprint density at radius 1 is 1.26 bits per heavy atom. The number of rotatable bonds is 8. The van der Waals surface area contributed by atoms with Gasteiger partial charge in [0.25, 0.3) is 0 Å². The minimum atomic E-state index is -1.21. The quantitative estimate of drug-likeness (QED) is 0.356. The summed E-state index contributed by atoms with van der Waals surface area (Å²) in [6.45, 7) is 8.64. The summed E-state index contributed by atoms with van der Waals surface area (Å²) in [4.78, 5) is 35.6. The Kier molecular flexibility index (Phi) is 8.30. The minimum Gasteiger partial charge on any atom is -0.466 e. The largest absolute Gasteiger partial charge is 0.492 e. The highest BCUT2D eigenvalue weighted by atomic mass is 32.1. The molecule has 0 bridgehead atoms. The van der Waals surface area contributed by atoms with Crippen molar-refractivity contribution in [1.82, 2.24) is 15.5 Å². The summed E-state index contributed by atoms with van der Waals surface area (Å²) < 4.78 is 21.3. The lowest BCUT2D eigenvalue weighted by molar-refractivity contribution is -0.145. The Balaban J connectivity index is 1.60. The van der Waals surface area contributed by atoms with Crippen molar-refractivity contribution in [3.05, 3.63) is 23.3 Å². The highest BCUT2D eigenvalue weighted by molar-refractivity contribution is 7.17. The maximum atomic E-state index is 12.0. The van der Waals surface area contributed by atoms with Crippen LogP contribution in [0.25, 0.3) is 0 Å². The molecule has 1 aliphatic heterocycles. The molecule has 3 rings (SSSR count). The third-order valence-electron chi connectivity index (χ3n) is 4.58. The Labute approximate surface area is 206 Å². The number of nitrogens with one attached hydrogen (secondary N) is 2. The number of carbonyl (C=O) groups is 3. The van der Waals surface area contributed by atoms with Crippen LogP contribution < -0.4 is 20.8 Å². The third kappa shape index (κ3) is 7.38. The standard InChI is InChI=1S/C21H27BN4O8S/c1-6-31-16(28)9-14-17-11(2)7-12(8-13(17)22(30)34-14)32-20-26-25-18(35-20)24-15(27)10-23-19(29)33-21(3,4)5/h7-8,14,30H,6,9-10H2,1-5H3,(H,23,29)(H,24,25,27). The van der Waals surface area contributed by atoms with Crippen LogP contribution in [-0.2, 0) is 23.7 Å². The van der Waals surface area contributed by atoms with Gasteiger partial charge in [-0.2, -0.15) is 0 Å². The van der Waals surface area contributed by atoms with Crippen LogP contribution in [0.3, 0.4) is 0 Å². The molecule has 1 aromatic carbocycles. The van der Waals surface area contributed by atoms with Crippen molar-refractivity contribution in [1.29, 1.82) is 0 Å². The number of aryl methyl sites for hydroxylation is 1. The predicted molar refractivity (Wildman–Crippen MR) is 127 cm³/mol. The smallest absolute Gasteiger partial charge is 0.466 e. The molecule has 1 aromatic heterocycles.